The standard InChI is InChI=1S/C13H15BrN2O3/c1-2-12(17)19-8-7-15-13(18)16-9-10-3-5-11(14)6-4-10/h2-6H,1,7-9H2,(H2,15,16,18). The number of halogens is 1. The third-order valence-electron chi connectivity index (χ3n) is 2.16. The van der Waals surface area contributed by atoms with Crippen LogP contribution in [0.4, 0.5) is 4.79 Å². The minimum Gasteiger partial charge on any atom is -0.461 e. The Balaban J connectivity index is 2.16. The molecule has 0 unspecified atom stereocenters. The second kappa shape index (κ2) is 8.31. The summed E-state index contributed by atoms with van der Waals surface area (Å²) in [7, 11) is 0. The number of ether oxygens (including phenoxy) is 1. The Hall–Kier alpha value is -1.82. The minimum absolute atomic E-state index is 0.122. The number of carbonyl (C=O) groups excluding carboxylic acids is 2. The fourth-order valence-electron chi connectivity index (χ4n) is 1.22. The molecule has 19 heavy (non-hydrogen) atoms. The van der Waals surface area contributed by atoms with Crippen LogP contribution in [0.5, 0.6) is 0 Å². The van der Waals surface area contributed by atoms with E-state index in [1.165, 1.54) is 0 Å². The molecule has 5 nitrogen and oxygen atoms in total. The van der Waals surface area contributed by atoms with Crippen LogP contribution in [0.25, 0.3) is 0 Å². The highest BCUT2D eigenvalue weighted by molar-refractivity contribution is 9.10. The summed E-state index contributed by atoms with van der Waals surface area (Å²) in [5, 5.41) is 5.27. The zero-order valence-corrected chi connectivity index (χ0v) is 11.9. The van der Waals surface area contributed by atoms with E-state index >= 15 is 0 Å². The Morgan fingerprint density at radius 2 is 1.95 bits per heavy atom. The minimum atomic E-state index is -0.503. The summed E-state index contributed by atoms with van der Waals surface area (Å²) in [6.07, 6.45) is 1.08. The Morgan fingerprint density at radius 3 is 2.58 bits per heavy atom. The summed E-state index contributed by atoms with van der Waals surface area (Å²) in [5.74, 6) is -0.503. The third-order valence-corrected chi connectivity index (χ3v) is 2.69. The van der Waals surface area contributed by atoms with Crippen molar-refractivity contribution in [3.63, 3.8) is 0 Å². The number of benzene rings is 1. The molecule has 0 aliphatic carbocycles. The van der Waals surface area contributed by atoms with E-state index in [4.69, 9.17) is 4.74 Å². The second-order valence-corrected chi connectivity index (χ2v) is 4.52. The van der Waals surface area contributed by atoms with Crippen LogP contribution in [-0.4, -0.2) is 25.2 Å². The van der Waals surface area contributed by atoms with Gasteiger partial charge in [0.05, 0.1) is 6.54 Å². The molecule has 1 aromatic carbocycles. The number of hydrogen-bond donors (Lipinski definition) is 2. The van der Waals surface area contributed by atoms with Gasteiger partial charge in [0.15, 0.2) is 0 Å². The van der Waals surface area contributed by atoms with E-state index in [0.29, 0.717) is 6.54 Å². The highest BCUT2D eigenvalue weighted by Crippen LogP contribution is 2.09. The van der Waals surface area contributed by atoms with Crippen molar-refractivity contribution in [2.45, 2.75) is 6.54 Å². The number of rotatable bonds is 6. The molecule has 0 saturated carbocycles. The van der Waals surface area contributed by atoms with Gasteiger partial charge < -0.3 is 15.4 Å². The molecule has 6 heteroatoms. The summed E-state index contributed by atoms with van der Waals surface area (Å²) >= 11 is 3.34. The van der Waals surface area contributed by atoms with Gasteiger partial charge in [0.1, 0.15) is 6.61 Å². The van der Waals surface area contributed by atoms with Crippen molar-refractivity contribution in [1.29, 1.82) is 0 Å². The van der Waals surface area contributed by atoms with Crippen LogP contribution in [0.15, 0.2) is 41.4 Å². The summed E-state index contributed by atoms with van der Waals surface area (Å²) < 4.78 is 5.70. The molecule has 0 aliphatic heterocycles. The maximum absolute atomic E-state index is 11.4. The van der Waals surface area contributed by atoms with Crippen LogP contribution in [0.1, 0.15) is 5.56 Å². The fraction of sp³-hybridized carbons (Fsp3) is 0.231. The molecular formula is C13H15BrN2O3. The van der Waals surface area contributed by atoms with Gasteiger partial charge in [-0.3, -0.25) is 0 Å². The zero-order chi connectivity index (χ0) is 14.1. The molecule has 0 heterocycles. The van der Waals surface area contributed by atoms with Crippen LogP contribution in [0.3, 0.4) is 0 Å². The number of amides is 2. The monoisotopic (exact) mass is 326 g/mol. The van der Waals surface area contributed by atoms with Gasteiger partial charge in [0.2, 0.25) is 0 Å². The topological polar surface area (TPSA) is 67.4 Å². The highest BCUT2D eigenvalue weighted by atomic mass is 79.9. The van der Waals surface area contributed by atoms with Gasteiger partial charge in [-0.2, -0.15) is 0 Å². The molecule has 102 valence electrons. The van der Waals surface area contributed by atoms with Gasteiger partial charge in [-0.15, -0.1) is 0 Å². The van der Waals surface area contributed by atoms with E-state index in [1.54, 1.807) is 0 Å². The predicted molar refractivity (Wildman–Crippen MR) is 75.5 cm³/mol. The summed E-state index contributed by atoms with van der Waals surface area (Å²) in [5.41, 5.74) is 0.997. The first-order valence-corrected chi connectivity index (χ1v) is 6.46. The normalized spacial score (nSPS) is 9.53. The molecule has 0 saturated heterocycles. The first-order chi connectivity index (χ1) is 9.11. The van der Waals surface area contributed by atoms with Crippen molar-refractivity contribution in [3.05, 3.63) is 47.0 Å². The first kappa shape index (κ1) is 15.2. The van der Waals surface area contributed by atoms with Crippen molar-refractivity contribution in [2.75, 3.05) is 13.2 Å². The van der Waals surface area contributed by atoms with Crippen LogP contribution in [0, 0.1) is 0 Å². The molecule has 0 radical (unpaired) electrons. The summed E-state index contributed by atoms with van der Waals surface area (Å²) in [4.78, 5) is 22.1. The Bertz CT molecular complexity index is 446. The van der Waals surface area contributed by atoms with E-state index in [2.05, 4.69) is 33.1 Å². The summed E-state index contributed by atoms with van der Waals surface area (Å²) in [6, 6.07) is 7.33. The Morgan fingerprint density at radius 1 is 1.26 bits per heavy atom. The lowest BCUT2D eigenvalue weighted by Gasteiger charge is -2.07. The molecule has 0 fully saturated rings. The molecular weight excluding hydrogens is 312 g/mol. The van der Waals surface area contributed by atoms with Gasteiger partial charge in [-0.05, 0) is 17.7 Å². The molecule has 1 aromatic rings. The molecule has 1 rings (SSSR count). The molecule has 0 aromatic heterocycles. The van der Waals surface area contributed by atoms with Crippen LogP contribution in [0.2, 0.25) is 0 Å². The Kier molecular flexibility index (Phi) is 6.67. The van der Waals surface area contributed by atoms with Crippen molar-refractivity contribution in [2.24, 2.45) is 0 Å². The third kappa shape index (κ3) is 6.61. The smallest absolute Gasteiger partial charge is 0.330 e. The van der Waals surface area contributed by atoms with Crippen LogP contribution >= 0.6 is 15.9 Å². The summed E-state index contributed by atoms with van der Waals surface area (Å²) in [6.45, 7) is 4.08. The lowest BCUT2D eigenvalue weighted by atomic mass is 10.2. The van der Waals surface area contributed by atoms with Gasteiger partial charge >= 0.3 is 12.0 Å². The van der Waals surface area contributed by atoms with Crippen LogP contribution < -0.4 is 10.6 Å². The average Bonchev–Trinajstić information content (AvgIpc) is 2.42. The first-order valence-electron chi connectivity index (χ1n) is 5.67. The van der Waals surface area contributed by atoms with E-state index in [0.717, 1.165) is 16.1 Å². The Labute approximate surface area is 120 Å². The molecule has 0 spiro atoms. The van der Waals surface area contributed by atoms with Gasteiger partial charge in [0.25, 0.3) is 0 Å². The van der Waals surface area contributed by atoms with E-state index in [-0.39, 0.29) is 19.2 Å². The van der Waals surface area contributed by atoms with E-state index < -0.39 is 5.97 Å². The SMILES string of the molecule is C=CC(=O)OCCNC(=O)NCc1ccc(Br)cc1. The van der Waals surface area contributed by atoms with Gasteiger partial charge in [0, 0.05) is 17.1 Å². The molecule has 0 bridgehead atoms. The molecule has 2 amide bonds. The van der Waals surface area contributed by atoms with Gasteiger partial charge in [-0.1, -0.05) is 34.6 Å². The number of nitrogens with one attached hydrogen (secondary N) is 2. The number of hydrogen-bond acceptors (Lipinski definition) is 3. The average molecular weight is 327 g/mol. The van der Waals surface area contributed by atoms with Gasteiger partial charge in [-0.25, -0.2) is 9.59 Å². The van der Waals surface area contributed by atoms with Crippen LogP contribution in [-0.2, 0) is 16.1 Å². The van der Waals surface area contributed by atoms with E-state index in [1.807, 2.05) is 24.3 Å². The second-order valence-electron chi connectivity index (χ2n) is 3.61. The van der Waals surface area contributed by atoms with E-state index in [9.17, 15) is 9.59 Å². The fourth-order valence-corrected chi connectivity index (χ4v) is 1.49. The molecule has 0 aliphatic rings. The number of esters is 1. The number of carbonyl (C=O) groups is 2. The largest absolute Gasteiger partial charge is 0.461 e. The van der Waals surface area contributed by atoms with Crippen molar-refractivity contribution >= 4 is 27.9 Å². The molecule has 0 atom stereocenters. The lowest BCUT2D eigenvalue weighted by Crippen LogP contribution is -2.37. The van der Waals surface area contributed by atoms with Crippen molar-refractivity contribution in [3.8, 4) is 0 Å². The zero-order valence-electron chi connectivity index (χ0n) is 10.3. The molecule has 2 N–H and O–H groups in total. The highest BCUT2D eigenvalue weighted by Gasteiger charge is 2.01. The number of urea groups is 1. The predicted octanol–water partition coefficient (Wildman–Crippen LogP) is 1.98. The lowest BCUT2D eigenvalue weighted by molar-refractivity contribution is -0.137. The maximum atomic E-state index is 11.4. The van der Waals surface area contributed by atoms with Crippen molar-refractivity contribution < 1.29 is 14.3 Å². The van der Waals surface area contributed by atoms with Crippen molar-refractivity contribution in [1.82, 2.24) is 10.6 Å². The maximum Gasteiger partial charge on any atom is 0.330 e. The quantitative estimate of drug-likeness (QED) is 0.477.